The van der Waals surface area contributed by atoms with Crippen LogP contribution >= 0.6 is 0 Å². The maximum atomic E-state index is 12.9. The highest BCUT2D eigenvalue weighted by Crippen LogP contribution is 2.65. The van der Waals surface area contributed by atoms with Crippen molar-refractivity contribution < 1.29 is 18.8 Å². The summed E-state index contributed by atoms with van der Waals surface area (Å²) in [5.74, 6) is -0.450. The van der Waals surface area contributed by atoms with Gasteiger partial charge in [0.2, 0.25) is 17.7 Å². The van der Waals surface area contributed by atoms with Crippen LogP contribution in [0.2, 0.25) is 0 Å². The van der Waals surface area contributed by atoms with Gasteiger partial charge in [-0.25, -0.2) is 4.39 Å². The van der Waals surface area contributed by atoms with E-state index in [1.165, 1.54) is 24.3 Å². The van der Waals surface area contributed by atoms with Crippen LogP contribution in [0.3, 0.4) is 0 Å². The number of nitrogens with zero attached hydrogens (tertiary/aromatic N) is 1. The number of carbonyl (C=O) groups excluding carboxylic acids is 3. The van der Waals surface area contributed by atoms with Crippen molar-refractivity contribution in [3.8, 4) is 0 Å². The highest BCUT2D eigenvalue weighted by molar-refractivity contribution is 6.09. The summed E-state index contributed by atoms with van der Waals surface area (Å²) in [6.07, 6.45) is 5.32. The van der Waals surface area contributed by atoms with Crippen molar-refractivity contribution in [1.29, 1.82) is 0 Å². The van der Waals surface area contributed by atoms with E-state index in [2.05, 4.69) is 17.5 Å². The molecule has 2 bridgehead atoms. The number of allylic oxidation sites excluding steroid dienone is 2. The molecule has 1 aromatic rings. The van der Waals surface area contributed by atoms with Crippen molar-refractivity contribution in [3.63, 3.8) is 0 Å². The van der Waals surface area contributed by atoms with E-state index in [4.69, 9.17) is 0 Å². The Balaban J connectivity index is 1.32. The second-order valence-electron chi connectivity index (χ2n) is 7.47. The number of halogens is 1. The average molecular weight is 340 g/mol. The molecule has 0 radical (unpaired) electrons. The van der Waals surface area contributed by atoms with E-state index in [0.29, 0.717) is 17.5 Å². The Kier molecular flexibility index (Phi) is 2.96. The third-order valence-corrected chi connectivity index (χ3v) is 6.18. The zero-order valence-electron chi connectivity index (χ0n) is 13.4. The predicted octanol–water partition coefficient (Wildman–Crippen LogP) is 1.82. The number of rotatable bonds is 3. The number of hydrogen-bond acceptors (Lipinski definition) is 3. The smallest absolute Gasteiger partial charge is 0.244 e. The van der Waals surface area contributed by atoms with Gasteiger partial charge in [-0.1, -0.05) is 12.2 Å². The summed E-state index contributed by atoms with van der Waals surface area (Å²) in [5.41, 5.74) is 0.436. The number of imide groups is 1. The molecule has 5 nitrogen and oxygen atoms in total. The summed E-state index contributed by atoms with van der Waals surface area (Å²) >= 11 is 0. The van der Waals surface area contributed by atoms with E-state index in [-0.39, 0.29) is 42.0 Å². The number of likely N-dealkylation sites (tertiary alicyclic amines) is 1. The van der Waals surface area contributed by atoms with Crippen LogP contribution in [0, 0.1) is 41.3 Å². The van der Waals surface area contributed by atoms with E-state index in [0.717, 1.165) is 11.3 Å². The summed E-state index contributed by atoms with van der Waals surface area (Å²) in [6, 6.07) is 5.37. The lowest BCUT2D eigenvalue weighted by molar-refractivity contribution is -0.142. The maximum Gasteiger partial charge on any atom is 0.244 e. The molecule has 25 heavy (non-hydrogen) atoms. The monoisotopic (exact) mass is 340 g/mol. The van der Waals surface area contributed by atoms with Gasteiger partial charge in [-0.2, -0.15) is 0 Å². The Morgan fingerprint density at radius 1 is 1.04 bits per heavy atom. The number of benzene rings is 1. The summed E-state index contributed by atoms with van der Waals surface area (Å²) < 4.78 is 12.9. The van der Waals surface area contributed by atoms with E-state index in [1.807, 2.05) is 0 Å². The molecule has 3 amide bonds. The fourth-order valence-corrected chi connectivity index (χ4v) is 5.05. The minimum Gasteiger partial charge on any atom is -0.325 e. The van der Waals surface area contributed by atoms with Crippen LogP contribution in [0.5, 0.6) is 0 Å². The molecule has 1 aromatic carbocycles. The minimum absolute atomic E-state index is 0.154. The maximum absolute atomic E-state index is 12.9. The van der Waals surface area contributed by atoms with Crippen molar-refractivity contribution in [2.24, 2.45) is 35.5 Å². The van der Waals surface area contributed by atoms with Crippen LogP contribution in [0.1, 0.15) is 6.42 Å². The molecule has 5 aliphatic rings. The molecule has 6 rings (SSSR count). The second kappa shape index (κ2) is 5.00. The third kappa shape index (κ3) is 2.09. The van der Waals surface area contributed by atoms with E-state index in [1.54, 1.807) is 0 Å². The molecule has 1 N–H and O–H groups in total. The van der Waals surface area contributed by atoms with Crippen LogP contribution in [-0.2, 0) is 14.4 Å². The lowest BCUT2D eigenvalue weighted by atomic mass is 9.63. The van der Waals surface area contributed by atoms with Crippen LogP contribution < -0.4 is 5.32 Å². The molecule has 0 spiro atoms. The van der Waals surface area contributed by atoms with Gasteiger partial charge in [0.25, 0.3) is 0 Å². The van der Waals surface area contributed by atoms with Gasteiger partial charge in [0.05, 0.1) is 11.8 Å². The first kappa shape index (κ1) is 14.8. The molecular formula is C19H17FN2O3. The van der Waals surface area contributed by atoms with Gasteiger partial charge >= 0.3 is 0 Å². The van der Waals surface area contributed by atoms with Crippen molar-refractivity contribution in [2.45, 2.75) is 6.42 Å². The predicted molar refractivity (Wildman–Crippen MR) is 86.4 cm³/mol. The van der Waals surface area contributed by atoms with Crippen LogP contribution in [0.4, 0.5) is 10.1 Å². The SMILES string of the molecule is O=C(CN1C(=O)[C@@H]2[C@H]3C=C[C@@H]([C@@H]4C[C@@H]34)[C@H]2C1=O)Nc1ccc(F)cc1. The van der Waals surface area contributed by atoms with Crippen LogP contribution in [-0.4, -0.2) is 29.2 Å². The zero-order valence-corrected chi connectivity index (χ0v) is 13.4. The molecule has 0 aromatic heterocycles. The summed E-state index contributed by atoms with van der Waals surface area (Å²) in [7, 11) is 0. The van der Waals surface area contributed by atoms with Gasteiger partial charge in [-0.05, 0) is 54.4 Å². The Morgan fingerprint density at radius 2 is 1.60 bits per heavy atom. The van der Waals surface area contributed by atoms with Crippen molar-refractivity contribution in [3.05, 3.63) is 42.2 Å². The second-order valence-corrected chi connectivity index (χ2v) is 7.47. The average Bonchev–Trinajstić information content (AvgIpc) is 3.38. The Morgan fingerprint density at radius 3 is 2.16 bits per heavy atom. The molecule has 4 aliphatic carbocycles. The van der Waals surface area contributed by atoms with Gasteiger partial charge in [0, 0.05) is 5.69 Å². The standard InChI is InChI=1S/C19H17FN2O3/c20-9-1-3-10(4-2-9)21-15(23)8-22-18(24)16-11-5-6-12(14-7-13(11)14)17(16)19(22)25/h1-6,11-14,16-17H,7-8H2,(H,21,23)/t11-,12-,13-,14-,16+,17+/m0/s1. The zero-order chi connectivity index (χ0) is 17.3. The third-order valence-electron chi connectivity index (χ3n) is 6.18. The number of nitrogens with one attached hydrogen (secondary N) is 1. The van der Waals surface area contributed by atoms with Gasteiger partial charge in [-0.15, -0.1) is 0 Å². The Bertz CT molecular complexity index is 782. The molecule has 2 saturated carbocycles. The fourth-order valence-electron chi connectivity index (χ4n) is 5.05. The fraction of sp³-hybridized carbons (Fsp3) is 0.421. The largest absolute Gasteiger partial charge is 0.325 e. The number of anilines is 1. The molecule has 6 heteroatoms. The van der Waals surface area contributed by atoms with Gasteiger partial charge < -0.3 is 5.32 Å². The first-order valence-corrected chi connectivity index (χ1v) is 8.63. The number of hydrogen-bond donors (Lipinski definition) is 1. The molecule has 3 fully saturated rings. The molecule has 1 heterocycles. The van der Waals surface area contributed by atoms with Gasteiger partial charge in [0.1, 0.15) is 12.4 Å². The van der Waals surface area contributed by atoms with Gasteiger partial charge in [-0.3, -0.25) is 19.3 Å². The summed E-state index contributed by atoms with van der Waals surface area (Å²) in [4.78, 5) is 38.9. The summed E-state index contributed by atoms with van der Waals surface area (Å²) in [5, 5.41) is 2.61. The topological polar surface area (TPSA) is 66.5 Å². The van der Waals surface area contributed by atoms with E-state index >= 15 is 0 Å². The van der Waals surface area contributed by atoms with Crippen LogP contribution in [0.25, 0.3) is 0 Å². The molecule has 1 aliphatic heterocycles. The lowest BCUT2D eigenvalue weighted by Gasteiger charge is -2.37. The van der Waals surface area contributed by atoms with Crippen LogP contribution in [0.15, 0.2) is 36.4 Å². The van der Waals surface area contributed by atoms with Crippen molar-refractivity contribution in [1.82, 2.24) is 4.90 Å². The normalized spacial score (nSPS) is 37.1. The Labute approximate surface area is 143 Å². The Hall–Kier alpha value is -2.50. The van der Waals surface area contributed by atoms with E-state index < -0.39 is 11.7 Å². The molecular weight excluding hydrogens is 323 g/mol. The highest BCUT2D eigenvalue weighted by Gasteiger charge is 2.67. The van der Waals surface area contributed by atoms with Crippen molar-refractivity contribution >= 4 is 23.4 Å². The minimum atomic E-state index is -0.447. The highest BCUT2D eigenvalue weighted by atomic mass is 19.1. The number of carbonyl (C=O) groups is 3. The molecule has 128 valence electrons. The molecule has 6 atom stereocenters. The first-order valence-electron chi connectivity index (χ1n) is 8.63. The number of amides is 3. The molecule has 1 saturated heterocycles. The lowest BCUT2D eigenvalue weighted by Crippen LogP contribution is -2.40. The quantitative estimate of drug-likeness (QED) is 0.674. The van der Waals surface area contributed by atoms with Gasteiger partial charge in [0.15, 0.2) is 0 Å². The summed E-state index contributed by atoms with van der Waals surface area (Å²) in [6.45, 7) is -0.281. The molecule has 0 unspecified atom stereocenters. The van der Waals surface area contributed by atoms with E-state index in [9.17, 15) is 18.8 Å². The van der Waals surface area contributed by atoms with Crippen molar-refractivity contribution in [2.75, 3.05) is 11.9 Å². The first-order chi connectivity index (χ1) is 12.0.